The lowest BCUT2D eigenvalue weighted by molar-refractivity contribution is 0.102. The highest BCUT2D eigenvalue weighted by Gasteiger charge is 2.09. The Hall–Kier alpha value is -4.52. The minimum absolute atomic E-state index is 0.265. The van der Waals surface area contributed by atoms with Gasteiger partial charge in [0, 0.05) is 35.4 Å². The van der Waals surface area contributed by atoms with Gasteiger partial charge in [0.15, 0.2) is 0 Å². The molecule has 7 heteroatoms. The fraction of sp³-hybridized carbons (Fsp3) is 0. The summed E-state index contributed by atoms with van der Waals surface area (Å²) in [6.45, 7) is 0. The topological polar surface area (TPSA) is 68.5 Å². The van der Waals surface area contributed by atoms with Gasteiger partial charge in [-0.3, -0.25) is 9.20 Å². The van der Waals surface area contributed by atoms with E-state index < -0.39 is 0 Å². The van der Waals surface area contributed by atoms with Crippen molar-refractivity contribution in [3.63, 3.8) is 0 Å². The molecule has 0 saturated carbocycles. The van der Waals surface area contributed by atoms with Crippen molar-refractivity contribution in [2.24, 2.45) is 0 Å². The van der Waals surface area contributed by atoms with E-state index in [0.29, 0.717) is 28.5 Å². The van der Waals surface area contributed by atoms with Gasteiger partial charge in [-0.15, -0.1) is 0 Å². The number of anilines is 1. The maximum atomic E-state index is 13.1. The zero-order valence-corrected chi connectivity index (χ0v) is 16.8. The molecule has 0 radical (unpaired) electrons. The standard InChI is InChI=1S/C25H17FN4O2/c26-19-7-11-21(12-8-19)32-22-4-1-3-18(15-22)24(31)28-20-9-5-17(6-10-20)23-16-30-14-2-13-27-25(30)29-23/h1-16H,(H,28,31). The van der Waals surface area contributed by atoms with E-state index in [2.05, 4.69) is 15.3 Å². The van der Waals surface area contributed by atoms with Gasteiger partial charge in [-0.2, -0.15) is 0 Å². The minimum atomic E-state index is -0.339. The second-order valence-corrected chi connectivity index (χ2v) is 7.07. The Labute approximate surface area is 183 Å². The van der Waals surface area contributed by atoms with E-state index in [9.17, 15) is 9.18 Å². The van der Waals surface area contributed by atoms with Crippen molar-refractivity contribution >= 4 is 17.4 Å². The van der Waals surface area contributed by atoms with Crippen molar-refractivity contribution in [2.75, 3.05) is 5.32 Å². The predicted octanol–water partition coefficient (Wildman–Crippen LogP) is 5.58. The van der Waals surface area contributed by atoms with Crippen LogP contribution in [0.2, 0.25) is 0 Å². The summed E-state index contributed by atoms with van der Waals surface area (Å²) in [4.78, 5) is 21.4. The molecule has 3 aromatic carbocycles. The Kier molecular flexibility index (Phi) is 5.05. The number of benzene rings is 3. The summed E-state index contributed by atoms with van der Waals surface area (Å²) in [5.74, 6) is 0.998. The van der Waals surface area contributed by atoms with Crippen LogP contribution < -0.4 is 10.1 Å². The molecule has 0 bridgehead atoms. The van der Waals surface area contributed by atoms with Gasteiger partial charge in [-0.25, -0.2) is 14.4 Å². The van der Waals surface area contributed by atoms with Gasteiger partial charge in [-0.1, -0.05) is 18.2 Å². The Morgan fingerprint density at radius 1 is 0.938 bits per heavy atom. The summed E-state index contributed by atoms with van der Waals surface area (Å²) in [5.41, 5.74) is 2.82. The number of amides is 1. The van der Waals surface area contributed by atoms with Crippen molar-refractivity contribution in [3.8, 4) is 22.8 Å². The number of carbonyl (C=O) groups is 1. The molecule has 1 amide bonds. The van der Waals surface area contributed by atoms with Crippen LogP contribution in [0.3, 0.4) is 0 Å². The molecule has 0 unspecified atom stereocenters. The predicted molar refractivity (Wildman–Crippen MR) is 119 cm³/mol. The Bertz CT molecular complexity index is 1360. The number of ether oxygens (including phenoxy) is 1. The van der Waals surface area contributed by atoms with E-state index >= 15 is 0 Å². The van der Waals surface area contributed by atoms with E-state index in [1.807, 2.05) is 47.1 Å². The molecule has 5 rings (SSSR count). The van der Waals surface area contributed by atoms with Crippen LogP contribution in [-0.2, 0) is 0 Å². The fourth-order valence-electron chi connectivity index (χ4n) is 3.24. The van der Waals surface area contributed by atoms with E-state index in [4.69, 9.17) is 4.74 Å². The normalized spacial score (nSPS) is 10.8. The summed E-state index contributed by atoms with van der Waals surface area (Å²) in [6, 6.07) is 21.8. The number of nitrogens with zero attached hydrogens (tertiary/aromatic N) is 3. The number of hydrogen-bond donors (Lipinski definition) is 1. The molecule has 0 aliphatic heterocycles. The Morgan fingerprint density at radius 2 is 1.75 bits per heavy atom. The highest BCUT2D eigenvalue weighted by molar-refractivity contribution is 6.04. The first-order valence-corrected chi connectivity index (χ1v) is 9.89. The molecule has 0 fully saturated rings. The molecule has 0 saturated heterocycles. The monoisotopic (exact) mass is 424 g/mol. The quantitative estimate of drug-likeness (QED) is 0.400. The minimum Gasteiger partial charge on any atom is -0.457 e. The van der Waals surface area contributed by atoms with Crippen LogP contribution in [0.4, 0.5) is 10.1 Å². The van der Waals surface area contributed by atoms with Gasteiger partial charge in [0.25, 0.3) is 5.91 Å². The van der Waals surface area contributed by atoms with Gasteiger partial charge in [-0.05, 0) is 60.7 Å². The second-order valence-electron chi connectivity index (χ2n) is 7.07. The first-order valence-electron chi connectivity index (χ1n) is 9.89. The molecule has 2 aromatic heterocycles. The Morgan fingerprint density at radius 3 is 2.53 bits per heavy atom. The largest absolute Gasteiger partial charge is 0.457 e. The van der Waals surface area contributed by atoms with Gasteiger partial charge in [0.2, 0.25) is 5.78 Å². The van der Waals surface area contributed by atoms with Crippen LogP contribution in [-0.4, -0.2) is 20.3 Å². The lowest BCUT2D eigenvalue weighted by atomic mass is 10.1. The lowest BCUT2D eigenvalue weighted by Gasteiger charge is -2.09. The van der Waals surface area contributed by atoms with Crippen LogP contribution in [0.1, 0.15) is 10.4 Å². The molecule has 0 aliphatic carbocycles. The highest BCUT2D eigenvalue weighted by Crippen LogP contribution is 2.24. The average Bonchev–Trinajstić information content (AvgIpc) is 3.26. The molecule has 5 aromatic rings. The molecule has 0 spiro atoms. The summed E-state index contributed by atoms with van der Waals surface area (Å²) in [7, 11) is 0. The van der Waals surface area contributed by atoms with Crippen LogP contribution in [0.25, 0.3) is 17.0 Å². The molecule has 32 heavy (non-hydrogen) atoms. The SMILES string of the molecule is O=C(Nc1ccc(-c2cn3cccnc3n2)cc1)c1cccc(Oc2ccc(F)cc2)c1. The average molecular weight is 424 g/mol. The molecular formula is C25H17FN4O2. The molecule has 0 atom stereocenters. The maximum absolute atomic E-state index is 13.1. The number of halogens is 1. The molecule has 2 heterocycles. The highest BCUT2D eigenvalue weighted by atomic mass is 19.1. The van der Waals surface area contributed by atoms with E-state index in [1.165, 1.54) is 24.3 Å². The molecular weight excluding hydrogens is 407 g/mol. The van der Waals surface area contributed by atoms with Crippen molar-refractivity contribution in [2.45, 2.75) is 0 Å². The van der Waals surface area contributed by atoms with Gasteiger partial charge < -0.3 is 10.1 Å². The zero-order valence-electron chi connectivity index (χ0n) is 16.8. The number of hydrogen-bond acceptors (Lipinski definition) is 4. The van der Waals surface area contributed by atoms with Crippen LogP contribution in [0.15, 0.2) is 97.5 Å². The van der Waals surface area contributed by atoms with Crippen molar-refractivity contribution in [3.05, 3.63) is 109 Å². The first kappa shape index (κ1) is 19.4. The summed E-state index contributed by atoms with van der Waals surface area (Å²) in [6.07, 6.45) is 5.49. The maximum Gasteiger partial charge on any atom is 0.255 e. The first-order chi connectivity index (χ1) is 15.6. The summed E-state index contributed by atoms with van der Waals surface area (Å²) < 4.78 is 20.6. The van der Waals surface area contributed by atoms with Gasteiger partial charge in [0.1, 0.15) is 17.3 Å². The number of aromatic nitrogens is 3. The van der Waals surface area contributed by atoms with Gasteiger partial charge in [0.05, 0.1) is 5.69 Å². The van der Waals surface area contributed by atoms with E-state index in [-0.39, 0.29) is 11.7 Å². The van der Waals surface area contributed by atoms with E-state index in [0.717, 1.165) is 11.3 Å². The number of nitrogens with one attached hydrogen (secondary N) is 1. The van der Waals surface area contributed by atoms with Crippen molar-refractivity contribution in [1.82, 2.24) is 14.4 Å². The van der Waals surface area contributed by atoms with Crippen LogP contribution in [0.5, 0.6) is 11.5 Å². The summed E-state index contributed by atoms with van der Waals surface area (Å²) in [5, 5.41) is 2.88. The molecule has 6 nitrogen and oxygen atoms in total. The Balaban J connectivity index is 1.29. The van der Waals surface area contributed by atoms with E-state index in [1.54, 1.807) is 30.5 Å². The molecule has 1 N–H and O–H groups in total. The third-order valence-corrected chi connectivity index (χ3v) is 4.82. The van der Waals surface area contributed by atoms with Gasteiger partial charge >= 0.3 is 0 Å². The zero-order chi connectivity index (χ0) is 21.9. The third-order valence-electron chi connectivity index (χ3n) is 4.82. The smallest absolute Gasteiger partial charge is 0.255 e. The second kappa shape index (κ2) is 8.31. The van der Waals surface area contributed by atoms with Crippen LogP contribution >= 0.6 is 0 Å². The molecule has 156 valence electrons. The number of carbonyl (C=O) groups excluding carboxylic acids is 1. The molecule has 0 aliphatic rings. The third kappa shape index (κ3) is 4.17. The van der Waals surface area contributed by atoms with Crippen molar-refractivity contribution < 1.29 is 13.9 Å². The fourth-order valence-corrected chi connectivity index (χ4v) is 3.24. The van der Waals surface area contributed by atoms with Crippen LogP contribution in [0, 0.1) is 5.82 Å². The number of fused-ring (bicyclic) bond motifs is 1. The number of imidazole rings is 1. The lowest BCUT2D eigenvalue weighted by Crippen LogP contribution is -2.11. The summed E-state index contributed by atoms with van der Waals surface area (Å²) >= 11 is 0. The number of rotatable bonds is 5. The van der Waals surface area contributed by atoms with Crippen molar-refractivity contribution in [1.29, 1.82) is 0 Å².